The molecule has 11 nitrogen and oxygen atoms in total. The SMILES string of the molecule is CNS(=O)(=O)c1ccccc1C(=O)O.Cc1cc(C)c(C(=O)n2nc(Nc3scc(C)c3C)nc2N)s1. The van der Waals surface area contributed by atoms with Crippen molar-refractivity contribution < 1.29 is 23.1 Å². The van der Waals surface area contributed by atoms with Crippen molar-refractivity contribution in [2.45, 2.75) is 32.6 Å². The van der Waals surface area contributed by atoms with Gasteiger partial charge in [0.25, 0.3) is 5.91 Å². The number of carbonyl (C=O) groups is 2. The largest absolute Gasteiger partial charge is 0.478 e. The minimum atomic E-state index is -3.70. The normalized spacial score (nSPS) is 11.1. The van der Waals surface area contributed by atoms with Gasteiger partial charge in [0.2, 0.25) is 21.9 Å². The molecule has 0 atom stereocenters. The van der Waals surface area contributed by atoms with Gasteiger partial charge in [-0.3, -0.25) is 4.79 Å². The molecule has 0 bridgehead atoms. The van der Waals surface area contributed by atoms with Gasteiger partial charge in [0.05, 0.1) is 20.3 Å². The van der Waals surface area contributed by atoms with Gasteiger partial charge in [-0.2, -0.15) is 9.67 Å². The Bertz CT molecular complexity index is 1570. The summed E-state index contributed by atoms with van der Waals surface area (Å²) >= 11 is 3.01. The van der Waals surface area contributed by atoms with Crippen molar-refractivity contribution >= 4 is 61.5 Å². The number of nitrogens with two attached hydrogens (primary N) is 1. The summed E-state index contributed by atoms with van der Waals surface area (Å²) in [5, 5.41) is 19.1. The zero-order chi connectivity index (χ0) is 27.5. The smallest absolute Gasteiger partial charge is 0.337 e. The monoisotopic (exact) mass is 562 g/mol. The van der Waals surface area contributed by atoms with E-state index in [0.717, 1.165) is 25.7 Å². The molecular formula is C23H26N6O5S3. The Balaban J connectivity index is 0.000000233. The van der Waals surface area contributed by atoms with Crippen LogP contribution in [0.15, 0.2) is 40.6 Å². The Labute approximate surface area is 222 Å². The molecule has 0 aliphatic heterocycles. The van der Waals surface area contributed by atoms with Crippen LogP contribution >= 0.6 is 22.7 Å². The van der Waals surface area contributed by atoms with Gasteiger partial charge in [0.15, 0.2) is 0 Å². The molecule has 1 aromatic carbocycles. The Morgan fingerprint density at radius 2 is 1.78 bits per heavy atom. The molecule has 196 valence electrons. The molecule has 0 aliphatic rings. The second-order valence-corrected chi connectivity index (χ2v) is 11.9. The zero-order valence-electron chi connectivity index (χ0n) is 20.7. The highest BCUT2D eigenvalue weighted by Crippen LogP contribution is 2.29. The molecule has 14 heteroatoms. The highest BCUT2D eigenvalue weighted by atomic mass is 32.2. The number of nitrogens with zero attached hydrogens (tertiary/aromatic N) is 3. The molecule has 0 amide bonds. The minimum absolute atomic E-state index is 0.0777. The van der Waals surface area contributed by atoms with Crippen LogP contribution in [0.2, 0.25) is 0 Å². The van der Waals surface area contributed by atoms with Crippen molar-refractivity contribution in [2.75, 3.05) is 18.1 Å². The van der Waals surface area contributed by atoms with Crippen LogP contribution in [-0.4, -0.2) is 47.2 Å². The lowest BCUT2D eigenvalue weighted by Crippen LogP contribution is -2.21. The molecule has 5 N–H and O–H groups in total. The van der Waals surface area contributed by atoms with Crippen LogP contribution in [0.25, 0.3) is 0 Å². The number of nitrogen functional groups attached to an aromatic ring is 1. The van der Waals surface area contributed by atoms with Gasteiger partial charge in [-0.1, -0.05) is 12.1 Å². The van der Waals surface area contributed by atoms with Crippen molar-refractivity contribution in [3.8, 4) is 0 Å². The van der Waals surface area contributed by atoms with Gasteiger partial charge in [0.1, 0.15) is 0 Å². The molecular weight excluding hydrogens is 536 g/mol. The van der Waals surface area contributed by atoms with Crippen LogP contribution in [0.1, 0.15) is 41.6 Å². The van der Waals surface area contributed by atoms with Crippen LogP contribution in [0, 0.1) is 27.7 Å². The molecule has 0 saturated heterocycles. The van der Waals surface area contributed by atoms with Crippen molar-refractivity contribution in [3.05, 3.63) is 67.7 Å². The third kappa shape index (κ3) is 6.22. The first-order valence-corrected chi connectivity index (χ1v) is 14.0. The zero-order valence-corrected chi connectivity index (χ0v) is 23.1. The lowest BCUT2D eigenvalue weighted by Gasteiger charge is -2.05. The summed E-state index contributed by atoms with van der Waals surface area (Å²) in [6.45, 7) is 7.94. The number of carboxylic acid groups (broad SMARTS) is 1. The third-order valence-corrected chi connectivity index (χ3v) is 8.97. The summed E-state index contributed by atoms with van der Waals surface area (Å²) in [7, 11) is -2.47. The molecule has 0 radical (unpaired) electrons. The van der Waals surface area contributed by atoms with Crippen LogP contribution in [0.3, 0.4) is 0 Å². The van der Waals surface area contributed by atoms with Crippen LogP contribution in [-0.2, 0) is 10.0 Å². The van der Waals surface area contributed by atoms with Crippen molar-refractivity contribution in [1.29, 1.82) is 0 Å². The third-order valence-electron chi connectivity index (χ3n) is 5.25. The number of benzene rings is 1. The molecule has 4 rings (SSSR count). The van der Waals surface area contributed by atoms with E-state index in [1.54, 1.807) is 11.3 Å². The molecule has 4 aromatic rings. The Morgan fingerprint density at radius 3 is 2.32 bits per heavy atom. The number of hydrogen-bond acceptors (Lipinski definition) is 10. The standard InChI is InChI=1S/C15H17N5OS2.C8H9NO4S/c1-7-5-9(3)23-11(7)13(21)20-14(16)18-15(19-20)17-12-10(4)8(2)6-22-12;1-9-14(12,13)7-5-3-2-4-6(7)8(10)11/h5-6H,1-4H3,(H3,16,17,18,19);2-5,9H,1H3,(H,10,11). The second kappa shape index (κ2) is 11.2. The summed E-state index contributed by atoms with van der Waals surface area (Å²) in [5.41, 5.74) is 8.90. The summed E-state index contributed by atoms with van der Waals surface area (Å²) in [4.78, 5) is 28.9. The van der Waals surface area contributed by atoms with E-state index in [2.05, 4.69) is 25.5 Å². The van der Waals surface area contributed by atoms with Gasteiger partial charge >= 0.3 is 5.97 Å². The van der Waals surface area contributed by atoms with Gasteiger partial charge in [-0.15, -0.1) is 27.8 Å². The number of carboxylic acids is 1. The number of thiophene rings is 2. The van der Waals surface area contributed by atoms with E-state index in [1.807, 2.05) is 33.8 Å². The average molecular weight is 563 g/mol. The number of carbonyl (C=O) groups excluding carboxylic acids is 1. The molecule has 0 unspecified atom stereocenters. The van der Waals surface area contributed by atoms with E-state index in [9.17, 15) is 18.0 Å². The molecule has 0 fully saturated rings. The number of rotatable bonds is 6. The summed E-state index contributed by atoms with van der Waals surface area (Å²) < 4.78 is 25.9. The number of aryl methyl sites for hydroxylation is 3. The molecule has 0 aliphatic carbocycles. The predicted molar refractivity (Wildman–Crippen MR) is 145 cm³/mol. The van der Waals surface area contributed by atoms with E-state index in [4.69, 9.17) is 10.8 Å². The van der Waals surface area contributed by atoms with Crippen molar-refractivity contribution in [3.63, 3.8) is 0 Å². The number of aromatic carboxylic acids is 1. The maximum Gasteiger partial charge on any atom is 0.337 e. The predicted octanol–water partition coefficient (Wildman–Crippen LogP) is 3.94. The van der Waals surface area contributed by atoms with Crippen molar-refractivity contribution in [2.24, 2.45) is 0 Å². The highest BCUT2D eigenvalue weighted by Gasteiger charge is 2.21. The van der Waals surface area contributed by atoms with E-state index in [1.165, 1.54) is 48.2 Å². The first-order valence-electron chi connectivity index (χ1n) is 10.8. The van der Waals surface area contributed by atoms with E-state index < -0.39 is 16.0 Å². The van der Waals surface area contributed by atoms with Gasteiger partial charge < -0.3 is 16.2 Å². The first-order chi connectivity index (χ1) is 17.4. The molecule has 0 saturated carbocycles. The highest BCUT2D eigenvalue weighted by molar-refractivity contribution is 7.89. The summed E-state index contributed by atoms with van der Waals surface area (Å²) in [6, 6.07) is 7.40. The van der Waals surface area contributed by atoms with Crippen molar-refractivity contribution in [1.82, 2.24) is 19.5 Å². The number of nitrogens with one attached hydrogen (secondary N) is 2. The summed E-state index contributed by atoms with van der Waals surface area (Å²) in [5.74, 6) is -1.11. The Kier molecular flexibility index (Phi) is 8.48. The fourth-order valence-electron chi connectivity index (χ4n) is 3.19. The minimum Gasteiger partial charge on any atom is -0.478 e. The fourth-order valence-corrected chi connectivity index (χ4v) is 6.03. The lowest BCUT2D eigenvalue weighted by molar-refractivity contribution is 0.0692. The van der Waals surface area contributed by atoms with Gasteiger partial charge in [0, 0.05) is 4.88 Å². The fraction of sp³-hybridized carbons (Fsp3) is 0.217. The molecule has 0 spiro atoms. The lowest BCUT2D eigenvalue weighted by atomic mass is 10.2. The molecule has 3 heterocycles. The van der Waals surface area contributed by atoms with E-state index >= 15 is 0 Å². The van der Waals surface area contributed by atoms with Crippen LogP contribution in [0.4, 0.5) is 16.9 Å². The summed E-state index contributed by atoms with van der Waals surface area (Å²) in [6.07, 6.45) is 0. The molecule has 37 heavy (non-hydrogen) atoms. The number of aromatic nitrogens is 3. The van der Waals surface area contributed by atoms with Gasteiger partial charge in [-0.25, -0.2) is 17.9 Å². The number of hydrogen-bond donors (Lipinski definition) is 4. The first kappa shape index (κ1) is 28.0. The number of sulfonamides is 1. The van der Waals surface area contributed by atoms with Crippen LogP contribution in [0.5, 0.6) is 0 Å². The Morgan fingerprint density at radius 1 is 1.11 bits per heavy atom. The topological polar surface area (TPSA) is 169 Å². The van der Waals surface area contributed by atoms with Crippen LogP contribution < -0.4 is 15.8 Å². The number of anilines is 3. The average Bonchev–Trinajstić information content (AvgIpc) is 3.50. The van der Waals surface area contributed by atoms with E-state index in [0.29, 0.717) is 10.8 Å². The molecule has 3 aromatic heterocycles. The van der Waals surface area contributed by atoms with Gasteiger partial charge in [-0.05, 0) is 75.0 Å². The second-order valence-electron chi connectivity index (χ2n) is 7.89. The maximum absolute atomic E-state index is 12.6. The maximum atomic E-state index is 12.6. The quantitative estimate of drug-likeness (QED) is 0.272. The Hall–Kier alpha value is -3.59. The van der Waals surface area contributed by atoms with E-state index in [-0.39, 0.29) is 22.3 Å².